The van der Waals surface area contributed by atoms with Crippen molar-refractivity contribution in [2.75, 3.05) is 5.32 Å². The minimum Gasteiger partial charge on any atom is -0.298 e. The summed E-state index contributed by atoms with van der Waals surface area (Å²) in [6, 6.07) is 14.1. The first kappa shape index (κ1) is 17.2. The fraction of sp³-hybridized carbons (Fsp3) is 0.111. The number of thiazole rings is 1. The van der Waals surface area contributed by atoms with Crippen molar-refractivity contribution in [2.24, 2.45) is 0 Å². The molecule has 3 rings (SSSR count). The van der Waals surface area contributed by atoms with Crippen LogP contribution in [0, 0.1) is 6.92 Å². The second-order valence-corrected chi connectivity index (χ2v) is 6.30. The highest BCUT2D eigenvalue weighted by Crippen LogP contribution is 2.34. The highest BCUT2D eigenvalue weighted by molar-refractivity contribution is 7.19. The van der Waals surface area contributed by atoms with E-state index in [2.05, 4.69) is 10.3 Å². The monoisotopic (exact) mass is 362 g/mol. The zero-order valence-electron chi connectivity index (χ0n) is 13.1. The van der Waals surface area contributed by atoms with Crippen molar-refractivity contribution in [3.63, 3.8) is 0 Å². The standard InChI is InChI=1S/C18H13F3N2OS/c1-11-15(12-7-3-2-4-8-12)25-17(22-11)23-16(24)13-9-5-6-10-14(13)18(19,20)21/h2-10H,1H3,(H,22,23,24). The van der Waals surface area contributed by atoms with E-state index in [1.807, 2.05) is 30.3 Å². The number of benzene rings is 2. The van der Waals surface area contributed by atoms with Gasteiger partial charge in [-0.3, -0.25) is 10.1 Å². The highest BCUT2D eigenvalue weighted by atomic mass is 32.1. The molecule has 1 amide bonds. The van der Waals surface area contributed by atoms with Gasteiger partial charge in [0.05, 0.1) is 21.7 Å². The van der Waals surface area contributed by atoms with E-state index in [0.717, 1.165) is 22.6 Å². The van der Waals surface area contributed by atoms with Gasteiger partial charge in [-0.1, -0.05) is 53.8 Å². The Morgan fingerprint density at radius 1 is 1.04 bits per heavy atom. The van der Waals surface area contributed by atoms with Gasteiger partial charge in [-0.15, -0.1) is 0 Å². The third-order valence-electron chi connectivity index (χ3n) is 3.53. The largest absolute Gasteiger partial charge is 0.417 e. The van der Waals surface area contributed by atoms with E-state index in [1.54, 1.807) is 6.92 Å². The molecule has 0 spiro atoms. The quantitative estimate of drug-likeness (QED) is 0.679. The van der Waals surface area contributed by atoms with Crippen LogP contribution in [-0.2, 0) is 6.18 Å². The summed E-state index contributed by atoms with van der Waals surface area (Å²) in [5.74, 6) is -0.832. The van der Waals surface area contributed by atoms with Crippen LogP contribution in [0.4, 0.5) is 18.3 Å². The van der Waals surface area contributed by atoms with E-state index in [9.17, 15) is 18.0 Å². The number of aromatic nitrogens is 1. The molecule has 0 aliphatic heterocycles. The van der Waals surface area contributed by atoms with E-state index in [1.165, 1.54) is 23.5 Å². The molecule has 2 aromatic carbocycles. The summed E-state index contributed by atoms with van der Waals surface area (Å²) in [5.41, 5.74) is 0.248. The van der Waals surface area contributed by atoms with Crippen molar-refractivity contribution in [1.82, 2.24) is 4.98 Å². The van der Waals surface area contributed by atoms with E-state index in [4.69, 9.17) is 0 Å². The zero-order valence-corrected chi connectivity index (χ0v) is 13.9. The molecular weight excluding hydrogens is 349 g/mol. The number of alkyl halides is 3. The summed E-state index contributed by atoms with van der Waals surface area (Å²) in [6.45, 7) is 1.79. The van der Waals surface area contributed by atoms with E-state index < -0.39 is 23.2 Å². The first-order valence-electron chi connectivity index (χ1n) is 7.36. The van der Waals surface area contributed by atoms with Crippen LogP contribution in [0.15, 0.2) is 54.6 Å². The fourth-order valence-electron chi connectivity index (χ4n) is 2.40. The number of amides is 1. The van der Waals surface area contributed by atoms with Crippen LogP contribution in [0.2, 0.25) is 0 Å². The molecule has 0 radical (unpaired) electrons. The van der Waals surface area contributed by atoms with Crippen molar-refractivity contribution < 1.29 is 18.0 Å². The Kier molecular flexibility index (Phi) is 4.59. The van der Waals surface area contributed by atoms with Crippen LogP contribution < -0.4 is 5.32 Å². The van der Waals surface area contributed by atoms with Crippen molar-refractivity contribution in [2.45, 2.75) is 13.1 Å². The number of hydrogen-bond donors (Lipinski definition) is 1. The molecule has 1 N–H and O–H groups in total. The number of nitrogens with zero attached hydrogens (tertiary/aromatic N) is 1. The molecule has 0 saturated heterocycles. The van der Waals surface area contributed by atoms with Gasteiger partial charge in [0.2, 0.25) is 0 Å². The Bertz CT molecular complexity index is 904. The molecule has 1 aromatic heterocycles. The van der Waals surface area contributed by atoms with Crippen LogP contribution in [-0.4, -0.2) is 10.9 Å². The normalized spacial score (nSPS) is 11.4. The minimum absolute atomic E-state index is 0.262. The van der Waals surface area contributed by atoms with Crippen LogP contribution >= 0.6 is 11.3 Å². The number of aryl methyl sites for hydroxylation is 1. The molecule has 0 unspecified atom stereocenters. The van der Waals surface area contributed by atoms with E-state index in [-0.39, 0.29) is 5.13 Å². The van der Waals surface area contributed by atoms with E-state index in [0.29, 0.717) is 5.69 Å². The lowest BCUT2D eigenvalue weighted by Crippen LogP contribution is -2.18. The number of rotatable bonds is 3. The molecule has 0 saturated carbocycles. The lowest BCUT2D eigenvalue weighted by Gasteiger charge is -2.11. The summed E-state index contributed by atoms with van der Waals surface area (Å²) >= 11 is 1.22. The Morgan fingerprint density at radius 3 is 2.36 bits per heavy atom. The highest BCUT2D eigenvalue weighted by Gasteiger charge is 2.35. The molecular formula is C18H13F3N2OS. The first-order valence-corrected chi connectivity index (χ1v) is 8.18. The zero-order chi connectivity index (χ0) is 18.0. The van der Waals surface area contributed by atoms with Gasteiger partial charge in [0.25, 0.3) is 5.91 Å². The summed E-state index contributed by atoms with van der Waals surface area (Å²) in [7, 11) is 0. The third-order valence-corrected chi connectivity index (χ3v) is 4.65. The number of halogens is 3. The molecule has 1 heterocycles. The molecule has 0 aliphatic carbocycles. The summed E-state index contributed by atoms with van der Waals surface area (Å²) < 4.78 is 39.1. The molecule has 0 aliphatic rings. The maximum Gasteiger partial charge on any atom is 0.417 e. The van der Waals surface area contributed by atoms with Gasteiger partial charge >= 0.3 is 6.18 Å². The van der Waals surface area contributed by atoms with Gasteiger partial charge in [0, 0.05) is 0 Å². The second kappa shape index (κ2) is 6.68. The van der Waals surface area contributed by atoms with Crippen LogP contribution in [0.5, 0.6) is 0 Å². The van der Waals surface area contributed by atoms with Gasteiger partial charge in [-0.05, 0) is 24.6 Å². The van der Waals surface area contributed by atoms with Crippen LogP contribution in [0.25, 0.3) is 10.4 Å². The second-order valence-electron chi connectivity index (χ2n) is 5.30. The molecule has 0 bridgehead atoms. The minimum atomic E-state index is -4.60. The maximum atomic E-state index is 13.0. The summed E-state index contributed by atoms with van der Waals surface area (Å²) in [4.78, 5) is 17.4. The van der Waals surface area contributed by atoms with Crippen molar-refractivity contribution >= 4 is 22.4 Å². The molecule has 25 heavy (non-hydrogen) atoms. The fourth-order valence-corrected chi connectivity index (χ4v) is 3.37. The molecule has 3 aromatic rings. The van der Waals surface area contributed by atoms with Crippen molar-refractivity contribution in [3.8, 4) is 10.4 Å². The van der Waals surface area contributed by atoms with Crippen LogP contribution in [0.1, 0.15) is 21.6 Å². The number of carbonyl (C=O) groups is 1. The SMILES string of the molecule is Cc1nc(NC(=O)c2ccccc2C(F)(F)F)sc1-c1ccccc1. The van der Waals surface area contributed by atoms with Gasteiger partial charge in [0.15, 0.2) is 5.13 Å². The molecule has 3 nitrogen and oxygen atoms in total. The lowest BCUT2D eigenvalue weighted by molar-refractivity contribution is -0.137. The predicted octanol–water partition coefficient (Wildman–Crippen LogP) is 5.39. The average molecular weight is 362 g/mol. The number of hydrogen-bond acceptors (Lipinski definition) is 3. The first-order chi connectivity index (χ1) is 11.9. The third kappa shape index (κ3) is 3.71. The summed E-state index contributed by atoms with van der Waals surface area (Å²) in [6.07, 6.45) is -4.60. The average Bonchev–Trinajstić information content (AvgIpc) is 2.95. The lowest BCUT2D eigenvalue weighted by atomic mass is 10.1. The van der Waals surface area contributed by atoms with Crippen molar-refractivity contribution in [3.05, 3.63) is 71.4 Å². The Balaban J connectivity index is 1.88. The Hall–Kier alpha value is -2.67. The van der Waals surface area contributed by atoms with E-state index >= 15 is 0 Å². The summed E-state index contributed by atoms with van der Waals surface area (Å²) in [5, 5.41) is 2.73. The Morgan fingerprint density at radius 2 is 1.68 bits per heavy atom. The van der Waals surface area contributed by atoms with Gasteiger partial charge in [0.1, 0.15) is 0 Å². The van der Waals surface area contributed by atoms with Crippen molar-refractivity contribution in [1.29, 1.82) is 0 Å². The van der Waals surface area contributed by atoms with Gasteiger partial charge in [-0.2, -0.15) is 13.2 Å². The molecule has 128 valence electrons. The molecule has 0 atom stereocenters. The topological polar surface area (TPSA) is 42.0 Å². The predicted molar refractivity (Wildman–Crippen MR) is 91.7 cm³/mol. The smallest absolute Gasteiger partial charge is 0.298 e. The Labute approximate surface area is 146 Å². The van der Waals surface area contributed by atoms with Gasteiger partial charge < -0.3 is 0 Å². The van der Waals surface area contributed by atoms with Crippen LogP contribution in [0.3, 0.4) is 0 Å². The number of carbonyl (C=O) groups excluding carboxylic acids is 1. The molecule has 0 fully saturated rings. The number of nitrogens with one attached hydrogen (secondary N) is 1. The number of anilines is 1. The van der Waals surface area contributed by atoms with Gasteiger partial charge in [-0.25, -0.2) is 4.98 Å². The maximum absolute atomic E-state index is 13.0. The molecule has 7 heteroatoms.